The summed E-state index contributed by atoms with van der Waals surface area (Å²) in [7, 11) is 0. The molecule has 1 saturated carbocycles. The first-order chi connectivity index (χ1) is 9.29. The lowest BCUT2D eigenvalue weighted by molar-refractivity contribution is 0.305. The molecular formula is C17H22F2. The summed E-state index contributed by atoms with van der Waals surface area (Å²) in [6.45, 7) is 0. The van der Waals surface area contributed by atoms with Crippen molar-refractivity contribution in [1.82, 2.24) is 0 Å². The zero-order valence-electron chi connectivity index (χ0n) is 11.3. The Hall–Kier alpha value is -1.18. The molecule has 2 rings (SSSR count). The molecule has 19 heavy (non-hydrogen) atoms. The SMILES string of the molecule is F/C=C/CCC[C@H]1CC[C@H](c2ccc(F)cc2)CC1. The van der Waals surface area contributed by atoms with Crippen LogP contribution in [0.15, 0.2) is 36.7 Å². The molecule has 0 aromatic heterocycles. The Morgan fingerprint density at radius 1 is 1.05 bits per heavy atom. The fourth-order valence-corrected chi connectivity index (χ4v) is 3.11. The van der Waals surface area contributed by atoms with Crippen molar-refractivity contribution in [2.24, 2.45) is 5.92 Å². The molecule has 0 nitrogen and oxygen atoms in total. The van der Waals surface area contributed by atoms with Crippen LogP contribution in [0.4, 0.5) is 8.78 Å². The van der Waals surface area contributed by atoms with Gasteiger partial charge in [0.15, 0.2) is 0 Å². The van der Waals surface area contributed by atoms with Gasteiger partial charge in [0.1, 0.15) is 5.82 Å². The van der Waals surface area contributed by atoms with Crippen LogP contribution >= 0.6 is 0 Å². The maximum absolute atomic E-state index is 12.9. The molecule has 1 aliphatic rings. The highest BCUT2D eigenvalue weighted by atomic mass is 19.1. The van der Waals surface area contributed by atoms with Gasteiger partial charge in [0, 0.05) is 0 Å². The molecule has 0 saturated heterocycles. The van der Waals surface area contributed by atoms with E-state index in [0.717, 1.165) is 18.8 Å². The molecule has 104 valence electrons. The molecule has 2 heteroatoms. The van der Waals surface area contributed by atoms with E-state index in [-0.39, 0.29) is 5.82 Å². The van der Waals surface area contributed by atoms with E-state index in [1.165, 1.54) is 37.7 Å². The molecule has 0 aliphatic heterocycles. The highest BCUT2D eigenvalue weighted by Crippen LogP contribution is 2.37. The average molecular weight is 264 g/mol. The number of halogens is 2. The third-order valence-corrected chi connectivity index (χ3v) is 4.26. The van der Waals surface area contributed by atoms with Gasteiger partial charge in [-0.15, -0.1) is 0 Å². The molecular weight excluding hydrogens is 242 g/mol. The summed E-state index contributed by atoms with van der Waals surface area (Å²) in [5.41, 5.74) is 1.28. The van der Waals surface area contributed by atoms with Crippen LogP contribution in [-0.2, 0) is 0 Å². The van der Waals surface area contributed by atoms with Crippen LogP contribution in [0.2, 0.25) is 0 Å². The van der Waals surface area contributed by atoms with Crippen LogP contribution in [0.5, 0.6) is 0 Å². The van der Waals surface area contributed by atoms with Gasteiger partial charge in [-0.2, -0.15) is 0 Å². The molecule has 1 aromatic rings. The summed E-state index contributed by atoms with van der Waals surface area (Å²) >= 11 is 0. The number of rotatable bonds is 5. The highest BCUT2D eigenvalue weighted by Gasteiger charge is 2.21. The summed E-state index contributed by atoms with van der Waals surface area (Å²) in [5, 5.41) is 0. The first-order valence-corrected chi connectivity index (χ1v) is 7.30. The Kier molecular flexibility index (Phi) is 5.56. The minimum absolute atomic E-state index is 0.154. The Bertz CT molecular complexity index is 386. The van der Waals surface area contributed by atoms with Crippen molar-refractivity contribution in [2.75, 3.05) is 0 Å². The summed E-state index contributed by atoms with van der Waals surface area (Å²) in [6, 6.07) is 6.97. The third-order valence-electron chi connectivity index (χ3n) is 4.26. The van der Waals surface area contributed by atoms with E-state index in [2.05, 4.69) is 0 Å². The van der Waals surface area contributed by atoms with E-state index >= 15 is 0 Å². The molecule has 0 radical (unpaired) electrons. The summed E-state index contributed by atoms with van der Waals surface area (Å²) in [5.74, 6) is 1.24. The molecule has 1 aliphatic carbocycles. The maximum Gasteiger partial charge on any atom is 0.123 e. The monoisotopic (exact) mass is 264 g/mol. The maximum atomic E-state index is 12.9. The van der Waals surface area contributed by atoms with Crippen molar-refractivity contribution in [2.45, 2.75) is 50.9 Å². The van der Waals surface area contributed by atoms with Crippen LogP contribution in [0.3, 0.4) is 0 Å². The van der Waals surface area contributed by atoms with E-state index < -0.39 is 0 Å². The van der Waals surface area contributed by atoms with Crippen molar-refractivity contribution >= 4 is 0 Å². The molecule has 0 bridgehead atoms. The van der Waals surface area contributed by atoms with Crippen molar-refractivity contribution in [3.05, 3.63) is 48.1 Å². The first-order valence-electron chi connectivity index (χ1n) is 7.30. The van der Waals surface area contributed by atoms with Crippen molar-refractivity contribution in [1.29, 1.82) is 0 Å². The molecule has 0 unspecified atom stereocenters. The molecule has 1 aromatic carbocycles. The number of hydrogen-bond acceptors (Lipinski definition) is 0. The predicted molar refractivity (Wildman–Crippen MR) is 75.2 cm³/mol. The lowest BCUT2D eigenvalue weighted by atomic mass is 9.77. The summed E-state index contributed by atoms with van der Waals surface area (Å²) in [4.78, 5) is 0. The average Bonchev–Trinajstić information content (AvgIpc) is 2.45. The lowest BCUT2D eigenvalue weighted by Gasteiger charge is -2.28. The van der Waals surface area contributed by atoms with Gasteiger partial charge in [-0.25, -0.2) is 8.78 Å². The van der Waals surface area contributed by atoms with Crippen LogP contribution in [0.1, 0.15) is 56.4 Å². The van der Waals surface area contributed by atoms with E-state index in [1.54, 1.807) is 18.2 Å². The Morgan fingerprint density at radius 2 is 1.74 bits per heavy atom. The Labute approximate surface area is 114 Å². The molecule has 0 heterocycles. The molecule has 0 amide bonds. The van der Waals surface area contributed by atoms with Gasteiger partial charge >= 0.3 is 0 Å². The second-order valence-electron chi connectivity index (χ2n) is 5.56. The number of benzene rings is 1. The van der Waals surface area contributed by atoms with Gasteiger partial charge < -0.3 is 0 Å². The minimum atomic E-state index is -0.154. The van der Waals surface area contributed by atoms with E-state index in [4.69, 9.17) is 0 Å². The quantitative estimate of drug-likeness (QED) is 0.594. The van der Waals surface area contributed by atoms with E-state index in [9.17, 15) is 8.78 Å². The fourth-order valence-electron chi connectivity index (χ4n) is 3.11. The largest absolute Gasteiger partial charge is 0.216 e. The zero-order valence-corrected chi connectivity index (χ0v) is 11.3. The van der Waals surface area contributed by atoms with Gasteiger partial charge in [0.25, 0.3) is 0 Å². The molecule has 1 fully saturated rings. The van der Waals surface area contributed by atoms with Gasteiger partial charge in [0.2, 0.25) is 0 Å². The topological polar surface area (TPSA) is 0 Å². The van der Waals surface area contributed by atoms with Crippen LogP contribution in [-0.4, -0.2) is 0 Å². The van der Waals surface area contributed by atoms with Crippen molar-refractivity contribution in [3.8, 4) is 0 Å². The number of hydrogen-bond donors (Lipinski definition) is 0. The van der Waals surface area contributed by atoms with E-state index in [0.29, 0.717) is 12.2 Å². The minimum Gasteiger partial charge on any atom is -0.216 e. The molecule has 0 N–H and O–H groups in total. The molecule has 0 atom stereocenters. The normalized spacial score (nSPS) is 23.9. The molecule has 0 spiro atoms. The number of unbranched alkanes of at least 4 members (excludes halogenated alkanes) is 1. The Morgan fingerprint density at radius 3 is 2.37 bits per heavy atom. The smallest absolute Gasteiger partial charge is 0.123 e. The second kappa shape index (κ2) is 7.42. The van der Waals surface area contributed by atoms with Crippen LogP contribution < -0.4 is 0 Å². The summed E-state index contributed by atoms with van der Waals surface area (Å²) in [6.07, 6.45) is 10.3. The van der Waals surface area contributed by atoms with Crippen molar-refractivity contribution in [3.63, 3.8) is 0 Å². The Balaban J connectivity index is 1.74. The first kappa shape index (κ1) is 14.2. The van der Waals surface area contributed by atoms with Gasteiger partial charge in [-0.05, 0) is 68.1 Å². The van der Waals surface area contributed by atoms with Crippen LogP contribution in [0, 0.1) is 11.7 Å². The van der Waals surface area contributed by atoms with Crippen molar-refractivity contribution < 1.29 is 8.78 Å². The van der Waals surface area contributed by atoms with Gasteiger partial charge in [0.05, 0.1) is 6.33 Å². The standard InChI is InChI=1S/C17H22F2/c18-13-3-1-2-4-14-5-7-15(8-6-14)16-9-11-17(19)12-10-16/h3,9-15H,1-2,4-8H2/b13-3+/t14-,15-. The predicted octanol–water partition coefficient (Wildman–Crippen LogP) is 5.75. The van der Waals surface area contributed by atoms with Gasteiger partial charge in [-0.3, -0.25) is 0 Å². The zero-order chi connectivity index (χ0) is 13.5. The van der Waals surface area contributed by atoms with E-state index in [1.807, 2.05) is 12.1 Å². The highest BCUT2D eigenvalue weighted by molar-refractivity contribution is 5.20. The van der Waals surface area contributed by atoms with Gasteiger partial charge in [-0.1, -0.05) is 24.6 Å². The number of allylic oxidation sites excluding steroid dienone is 1. The van der Waals surface area contributed by atoms with Crippen LogP contribution in [0.25, 0.3) is 0 Å². The summed E-state index contributed by atoms with van der Waals surface area (Å²) < 4.78 is 24.7. The second-order valence-corrected chi connectivity index (χ2v) is 5.56. The lowest BCUT2D eigenvalue weighted by Crippen LogP contribution is -2.13. The third kappa shape index (κ3) is 4.45. The fraction of sp³-hybridized carbons (Fsp3) is 0.529.